The number of aryl methyl sites for hydroxylation is 1. The fourth-order valence-corrected chi connectivity index (χ4v) is 3.57. The van der Waals surface area contributed by atoms with Gasteiger partial charge in [-0.1, -0.05) is 16.9 Å². The highest BCUT2D eigenvalue weighted by molar-refractivity contribution is 5.79. The number of alkyl halides is 3. The zero-order valence-electron chi connectivity index (χ0n) is 17.5. The van der Waals surface area contributed by atoms with E-state index in [4.69, 9.17) is 4.74 Å². The van der Waals surface area contributed by atoms with E-state index in [0.717, 1.165) is 4.57 Å². The Labute approximate surface area is 183 Å². The van der Waals surface area contributed by atoms with Gasteiger partial charge in [-0.3, -0.25) is 13.9 Å². The zero-order chi connectivity index (χ0) is 23.9. The molecule has 1 N–H and O–H groups in total. The number of methoxy groups -OCH3 is 1. The largest absolute Gasteiger partial charge is 0.495 e. The third kappa shape index (κ3) is 3.82. The van der Waals surface area contributed by atoms with Gasteiger partial charge < -0.3 is 19.8 Å². The molecule has 0 bridgehead atoms. The minimum Gasteiger partial charge on any atom is -0.495 e. The van der Waals surface area contributed by atoms with E-state index < -0.39 is 23.4 Å². The molecule has 1 aliphatic rings. The Kier molecular flexibility index (Phi) is 5.61. The highest BCUT2D eigenvalue weighted by atomic mass is 19.4. The van der Waals surface area contributed by atoms with Crippen LogP contribution >= 0.6 is 0 Å². The van der Waals surface area contributed by atoms with E-state index in [2.05, 4.69) is 15.1 Å². The Morgan fingerprint density at radius 1 is 1.15 bits per heavy atom. The smallest absolute Gasteiger partial charge is 0.493 e. The second-order valence-corrected chi connectivity index (χ2v) is 7.15. The maximum absolute atomic E-state index is 13.2. The number of ether oxygens (including phenoxy) is 1. The number of para-hydroxylation sites is 2. The predicted molar refractivity (Wildman–Crippen MR) is 110 cm³/mol. The number of hydrogen-bond acceptors (Lipinski definition) is 8. The Balaban J connectivity index is 2.06. The number of rotatable bonds is 4. The molecule has 11 nitrogen and oxygen atoms in total. The number of aromatic nitrogens is 4. The molecule has 33 heavy (non-hydrogen) atoms. The lowest BCUT2D eigenvalue weighted by atomic mass is 10.3. The summed E-state index contributed by atoms with van der Waals surface area (Å²) < 4.78 is 45.7. The van der Waals surface area contributed by atoms with Crippen LogP contribution in [0.3, 0.4) is 0 Å². The predicted octanol–water partition coefficient (Wildman–Crippen LogP) is -0.178. The lowest BCUT2D eigenvalue weighted by molar-refractivity contribution is -0.200. The van der Waals surface area contributed by atoms with Crippen LogP contribution < -0.4 is 31.0 Å². The van der Waals surface area contributed by atoms with Crippen molar-refractivity contribution < 1.29 is 27.5 Å². The minimum absolute atomic E-state index is 0.0938. The molecule has 0 radical (unpaired) electrons. The van der Waals surface area contributed by atoms with E-state index in [1.807, 2.05) is 4.90 Å². The summed E-state index contributed by atoms with van der Waals surface area (Å²) in [5, 5.41) is 3.19. The Morgan fingerprint density at radius 2 is 1.82 bits per heavy atom. The number of hydrogen-bond donors (Lipinski definition) is 1. The van der Waals surface area contributed by atoms with Gasteiger partial charge in [0.15, 0.2) is 11.2 Å². The summed E-state index contributed by atoms with van der Waals surface area (Å²) >= 11 is 0. The van der Waals surface area contributed by atoms with Crippen molar-refractivity contribution in [3.05, 3.63) is 45.1 Å². The normalized spacial score (nSPS) is 14.5. The van der Waals surface area contributed by atoms with Gasteiger partial charge in [0.2, 0.25) is 5.95 Å². The first-order valence-corrected chi connectivity index (χ1v) is 9.78. The molecule has 2 aromatic heterocycles. The molecule has 1 saturated heterocycles. The Hall–Kier alpha value is -3.81. The minimum atomic E-state index is -5.41. The second-order valence-electron chi connectivity index (χ2n) is 7.15. The summed E-state index contributed by atoms with van der Waals surface area (Å²) in [4.78, 5) is 47.7. The van der Waals surface area contributed by atoms with Crippen molar-refractivity contribution in [3.63, 3.8) is 0 Å². The Morgan fingerprint density at radius 3 is 2.45 bits per heavy atom. The molecule has 3 aromatic rings. The number of nitrogens with zero attached hydrogens (tertiary/aromatic N) is 5. The number of imidazole rings is 1. The molecule has 1 aliphatic heterocycles. The summed E-state index contributed by atoms with van der Waals surface area (Å²) in [6, 6.07) is 6.63. The molecule has 0 atom stereocenters. The Bertz CT molecular complexity index is 1340. The van der Waals surface area contributed by atoms with Crippen LogP contribution in [0.2, 0.25) is 0 Å². The molecular formula is C19H19F3N6O5. The van der Waals surface area contributed by atoms with Crippen LogP contribution in [0.5, 0.6) is 5.75 Å². The van der Waals surface area contributed by atoms with E-state index in [1.54, 1.807) is 24.3 Å². The summed E-state index contributed by atoms with van der Waals surface area (Å²) in [7, 11) is 2.63. The molecule has 14 heteroatoms. The van der Waals surface area contributed by atoms with Crippen LogP contribution in [0.15, 0.2) is 33.9 Å². The number of nitrogens with one attached hydrogen (secondary N) is 1. The molecule has 0 spiro atoms. The monoisotopic (exact) mass is 468 g/mol. The molecule has 4 rings (SSSR count). The van der Waals surface area contributed by atoms with Crippen LogP contribution in [-0.4, -0.2) is 64.3 Å². The molecule has 3 heterocycles. The highest BCUT2D eigenvalue weighted by Crippen LogP contribution is 2.30. The van der Waals surface area contributed by atoms with Crippen molar-refractivity contribution in [2.75, 3.05) is 38.2 Å². The lowest BCUT2D eigenvalue weighted by Gasteiger charge is -2.29. The highest BCUT2D eigenvalue weighted by Gasteiger charge is 2.43. The quantitative estimate of drug-likeness (QED) is 0.562. The van der Waals surface area contributed by atoms with Gasteiger partial charge in [-0.25, -0.2) is 9.59 Å². The van der Waals surface area contributed by atoms with Crippen molar-refractivity contribution in [3.8, 4) is 11.4 Å². The SMILES string of the molecule is COc1ccccc1-n1c(N2CCNCC2)nc2c1c(=O)n(OC(=O)C(F)(F)F)c(=O)n2C. The maximum Gasteiger partial charge on any atom is 0.493 e. The first kappa shape index (κ1) is 22.4. The third-order valence-corrected chi connectivity index (χ3v) is 5.14. The van der Waals surface area contributed by atoms with Crippen molar-refractivity contribution in [1.29, 1.82) is 0 Å². The number of fused-ring (bicyclic) bond motifs is 1. The third-order valence-electron chi connectivity index (χ3n) is 5.14. The number of piperazine rings is 1. The lowest BCUT2D eigenvalue weighted by Crippen LogP contribution is -2.48. The number of anilines is 1. The van der Waals surface area contributed by atoms with Gasteiger partial charge in [0.25, 0.3) is 0 Å². The van der Waals surface area contributed by atoms with Gasteiger partial charge in [-0.15, -0.1) is 0 Å². The van der Waals surface area contributed by atoms with Crippen molar-refractivity contribution >= 4 is 23.1 Å². The second kappa shape index (κ2) is 8.27. The summed E-state index contributed by atoms with van der Waals surface area (Å²) in [5.41, 5.74) is -2.55. The maximum atomic E-state index is 13.2. The fraction of sp³-hybridized carbons (Fsp3) is 0.368. The van der Waals surface area contributed by atoms with Crippen LogP contribution in [0.4, 0.5) is 19.1 Å². The molecule has 0 saturated carbocycles. The van der Waals surface area contributed by atoms with Gasteiger partial charge in [0.1, 0.15) is 5.75 Å². The van der Waals surface area contributed by atoms with Gasteiger partial charge in [-0.2, -0.15) is 18.2 Å². The van der Waals surface area contributed by atoms with Gasteiger partial charge >= 0.3 is 23.4 Å². The van der Waals surface area contributed by atoms with Gasteiger partial charge in [0.05, 0.1) is 12.8 Å². The van der Waals surface area contributed by atoms with Crippen molar-refractivity contribution in [2.24, 2.45) is 7.05 Å². The summed E-state index contributed by atoms with van der Waals surface area (Å²) in [6.45, 7) is 2.29. The van der Waals surface area contributed by atoms with Crippen molar-refractivity contribution in [1.82, 2.24) is 24.2 Å². The zero-order valence-corrected chi connectivity index (χ0v) is 17.5. The number of halogens is 3. The van der Waals surface area contributed by atoms with Crippen LogP contribution in [0.1, 0.15) is 0 Å². The average molecular weight is 468 g/mol. The van der Waals surface area contributed by atoms with Crippen LogP contribution in [0.25, 0.3) is 16.9 Å². The van der Waals surface area contributed by atoms with Gasteiger partial charge in [-0.05, 0) is 12.1 Å². The fourth-order valence-electron chi connectivity index (χ4n) is 3.57. The molecule has 1 aromatic carbocycles. The number of carbonyl (C=O) groups excluding carboxylic acids is 1. The van der Waals surface area contributed by atoms with E-state index in [0.29, 0.717) is 37.6 Å². The van der Waals surface area contributed by atoms with Crippen LogP contribution in [0, 0.1) is 0 Å². The average Bonchev–Trinajstić information content (AvgIpc) is 3.21. The molecule has 0 amide bonds. The van der Waals surface area contributed by atoms with E-state index >= 15 is 0 Å². The standard InChI is InChI=1S/C19H19F3N6O5/c1-25-14-13(15(29)28(18(25)31)33-16(30)19(20,21)22)27(11-5-3-4-6-12(11)32-2)17(24-14)26-9-7-23-8-10-26/h3-6,23H,7-10H2,1-2H3. The van der Waals surface area contributed by atoms with E-state index in [9.17, 15) is 27.6 Å². The van der Waals surface area contributed by atoms with Gasteiger partial charge in [0, 0.05) is 33.2 Å². The molecule has 176 valence electrons. The van der Waals surface area contributed by atoms with Crippen LogP contribution in [-0.2, 0) is 11.8 Å². The summed E-state index contributed by atoms with van der Waals surface area (Å²) in [5.74, 6) is -2.07. The number of carbonyl (C=O) groups is 1. The first-order valence-electron chi connectivity index (χ1n) is 9.78. The molecular weight excluding hydrogens is 449 g/mol. The topological polar surface area (TPSA) is 113 Å². The van der Waals surface area contributed by atoms with E-state index in [-0.39, 0.29) is 21.8 Å². The van der Waals surface area contributed by atoms with Crippen molar-refractivity contribution in [2.45, 2.75) is 6.18 Å². The molecule has 1 fully saturated rings. The van der Waals surface area contributed by atoms with E-state index in [1.165, 1.54) is 18.7 Å². The summed E-state index contributed by atoms with van der Waals surface area (Å²) in [6.07, 6.45) is -5.41. The number of benzene rings is 1. The first-order chi connectivity index (χ1) is 15.6. The molecule has 0 unspecified atom stereocenters. The molecule has 0 aliphatic carbocycles.